The van der Waals surface area contributed by atoms with Crippen LogP contribution in [0.15, 0.2) is 67.2 Å². The number of para-hydroxylation sites is 1. The summed E-state index contributed by atoms with van der Waals surface area (Å²) in [7, 11) is -10.7. The number of carbonyl (C=O) groups excluding carboxylic acids is 1. The van der Waals surface area contributed by atoms with E-state index in [0.29, 0.717) is 6.42 Å². The molecule has 2 saturated heterocycles. The second kappa shape index (κ2) is 17.9. The summed E-state index contributed by atoms with van der Waals surface area (Å²) in [4.78, 5) is 58.3. The summed E-state index contributed by atoms with van der Waals surface area (Å²) in [6.07, 6.45) is -2.72. The lowest BCUT2D eigenvalue weighted by Gasteiger charge is -2.28. The number of carboxylic acids is 1. The van der Waals surface area contributed by atoms with Gasteiger partial charge in [-0.3, -0.25) is 23.2 Å². The number of H-pyrrole nitrogens is 1. The lowest BCUT2D eigenvalue weighted by Crippen LogP contribution is -2.40. The molecule has 0 aliphatic carbocycles. The summed E-state index contributed by atoms with van der Waals surface area (Å²) in [5.74, 6) is -1.63. The molecule has 0 radical (unpaired) electrons. The number of aliphatic hydroxyl groups is 4. The van der Waals surface area contributed by atoms with Gasteiger partial charge in [0.15, 0.2) is 23.9 Å². The van der Waals surface area contributed by atoms with Crippen molar-refractivity contribution in [3.05, 3.63) is 72.7 Å². The van der Waals surface area contributed by atoms with E-state index in [1.54, 1.807) is 6.08 Å². The Morgan fingerprint density at radius 1 is 0.949 bits per heavy atom. The standard InChI is InChI=1S/C21H29N7O14P2.C11H12N2O2/c22-17-12-19(25-7-24-17)28(8-26-12)21-16(32)14(30)11(41-21)6-39-44(36,37)42-43(34,35)38-5-10-13(29)15(31)20(40-10)27-3-1-2-9(4-27)18(23)33;12-9(11(14)15)5-7-6-13-10-4-2-1-3-8(7)10/h1,3-4,7-8,10-11,13-16,20-21,29-32H,2,5-6H2,(H2,23,33)(H,34,35)(H,36,37)(H2,22,24,25);1-4,6,9,13H,5,12H2,(H,14,15)/t10-,11-,13-,14-,15-,16-,20-,21-;/m1./s1. The van der Waals surface area contributed by atoms with Gasteiger partial charge in [-0.2, -0.15) is 4.31 Å². The second-order valence-electron chi connectivity index (χ2n) is 13.3. The Hall–Kier alpha value is -4.69. The van der Waals surface area contributed by atoms with Crippen molar-refractivity contribution in [2.75, 3.05) is 18.9 Å². The summed E-state index contributed by atoms with van der Waals surface area (Å²) in [6.45, 7) is -1.79. The maximum atomic E-state index is 12.4. The molecule has 11 atom stereocenters. The molecule has 4 aromatic rings. The van der Waals surface area contributed by atoms with E-state index in [2.05, 4.69) is 24.2 Å². The fourth-order valence-corrected chi connectivity index (χ4v) is 8.39. The van der Waals surface area contributed by atoms with Crippen molar-refractivity contribution in [2.45, 2.75) is 68.0 Å². The van der Waals surface area contributed by atoms with Gasteiger partial charge in [0.1, 0.15) is 54.5 Å². The fourth-order valence-electron chi connectivity index (χ4n) is 6.30. The third-order valence-corrected chi connectivity index (χ3v) is 11.9. The third kappa shape index (κ3) is 10.0. The number of nitrogens with one attached hydrogen (secondary N) is 1. The average molecular weight is 870 g/mol. The Kier molecular flexibility index (Phi) is 13.3. The molecular formula is C32H41N9O16P2. The van der Waals surface area contributed by atoms with E-state index < -0.39 is 95.9 Å². The first-order valence-electron chi connectivity index (χ1n) is 17.5. The number of ether oxygens (including phenoxy) is 2. The Morgan fingerprint density at radius 3 is 2.22 bits per heavy atom. The van der Waals surface area contributed by atoms with E-state index in [9.17, 15) is 48.9 Å². The number of carbonyl (C=O) groups is 2. The summed E-state index contributed by atoms with van der Waals surface area (Å²) in [5, 5.41) is 51.4. The van der Waals surface area contributed by atoms with Crippen LogP contribution in [0.4, 0.5) is 5.82 Å². The number of amides is 1. The molecule has 7 rings (SSSR count). The number of imidazole rings is 1. The zero-order valence-electron chi connectivity index (χ0n) is 30.5. The number of hydrogen-bond donors (Lipinski definition) is 11. The Bertz CT molecular complexity index is 2320. The van der Waals surface area contributed by atoms with E-state index in [1.165, 1.54) is 28.2 Å². The number of nitrogens with zero attached hydrogens (tertiary/aromatic N) is 5. The van der Waals surface area contributed by atoms with Crippen LogP contribution in [-0.4, -0.2) is 139 Å². The van der Waals surface area contributed by atoms with Crippen LogP contribution in [0.2, 0.25) is 0 Å². The second-order valence-corrected chi connectivity index (χ2v) is 16.4. The molecule has 59 heavy (non-hydrogen) atoms. The van der Waals surface area contributed by atoms with Gasteiger partial charge >= 0.3 is 21.6 Å². The molecule has 2 fully saturated rings. The van der Waals surface area contributed by atoms with Crippen LogP contribution in [0, 0.1) is 0 Å². The molecule has 1 amide bonds. The lowest BCUT2D eigenvalue weighted by atomic mass is 10.1. The minimum Gasteiger partial charge on any atom is -0.480 e. The van der Waals surface area contributed by atoms with Gasteiger partial charge in [0.25, 0.3) is 0 Å². The molecule has 3 unspecified atom stereocenters. The number of aromatic nitrogens is 5. The largest absolute Gasteiger partial charge is 0.481 e. The van der Waals surface area contributed by atoms with E-state index in [1.807, 2.05) is 30.5 Å². The number of hydrogen-bond acceptors (Lipinski definition) is 19. The van der Waals surface area contributed by atoms with Crippen molar-refractivity contribution in [3.8, 4) is 0 Å². The van der Waals surface area contributed by atoms with Gasteiger partial charge in [-0.25, -0.2) is 24.1 Å². The highest BCUT2D eigenvalue weighted by atomic mass is 31.3. The molecule has 320 valence electrons. The van der Waals surface area contributed by atoms with Gasteiger partial charge in [-0.15, -0.1) is 0 Å². The Labute approximate surface area is 332 Å². The van der Waals surface area contributed by atoms with E-state index >= 15 is 0 Å². The number of phosphoric acid groups is 2. The van der Waals surface area contributed by atoms with Gasteiger partial charge in [-0.1, -0.05) is 24.3 Å². The van der Waals surface area contributed by atoms with Crippen LogP contribution >= 0.6 is 15.6 Å². The molecule has 0 spiro atoms. The molecule has 1 aromatic carbocycles. The van der Waals surface area contributed by atoms with Gasteiger partial charge in [0.2, 0.25) is 5.91 Å². The first-order valence-corrected chi connectivity index (χ1v) is 20.4. The van der Waals surface area contributed by atoms with Crippen LogP contribution in [0.5, 0.6) is 0 Å². The molecule has 0 bridgehead atoms. The van der Waals surface area contributed by atoms with E-state index in [4.69, 9.17) is 40.8 Å². The number of carboxylic acid groups (broad SMARTS) is 1. The Morgan fingerprint density at radius 2 is 1.58 bits per heavy atom. The predicted molar refractivity (Wildman–Crippen MR) is 199 cm³/mol. The van der Waals surface area contributed by atoms with Gasteiger partial charge < -0.3 is 71.9 Å². The Balaban J connectivity index is 0.000000326. The third-order valence-electron chi connectivity index (χ3n) is 9.31. The van der Waals surface area contributed by atoms with Gasteiger partial charge in [0.05, 0.1) is 19.5 Å². The number of nitrogen functional groups attached to an aromatic ring is 1. The van der Waals surface area contributed by atoms with Crippen LogP contribution < -0.4 is 17.2 Å². The number of fused-ring (bicyclic) bond motifs is 2. The minimum atomic E-state index is -5.37. The molecule has 6 heterocycles. The smallest absolute Gasteiger partial charge is 0.480 e. The quantitative estimate of drug-likeness (QED) is 0.0638. The number of aliphatic hydroxyl groups excluding tert-OH is 4. The van der Waals surface area contributed by atoms with E-state index in [-0.39, 0.29) is 29.0 Å². The first-order chi connectivity index (χ1) is 27.9. The van der Waals surface area contributed by atoms with Crippen LogP contribution in [-0.2, 0) is 48.0 Å². The zero-order chi connectivity index (χ0) is 42.8. The van der Waals surface area contributed by atoms with Gasteiger partial charge in [0, 0.05) is 41.5 Å². The monoisotopic (exact) mass is 869 g/mol. The molecular weight excluding hydrogens is 828 g/mol. The van der Waals surface area contributed by atoms with Crippen molar-refractivity contribution in [1.29, 1.82) is 0 Å². The SMILES string of the molecule is NC(=O)C1=CN([C@@H]2O[C@H](COP(=O)(O)OP(=O)(O)OC[C@H]3O[C@@H](n4cnc5c(N)ncnc54)[C@H](O)[C@@H]3O)[C@@H](O)[C@H]2O)C=CC1.NC(Cc1c[nH]c2ccccc12)C(=O)O. The number of allylic oxidation sites excluding steroid dienone is 1. The van der Waals surface area contributed by atoms with Crippen molar-refractivity contribution >= 4 is 55.4 Å². The van der Waals surface area contributed by atoms with Crippen molar-refractivity contribution in [2.24, 2.45) is 11.5 Å². The first kappa shape index (κ1) is 43.9. The van der Waals surface area contributed by atoms with Crippen LogP contribution in [0.3, 0.4) is 0 Å². The molecule has 25 nitrogen and oxygen atoms in total. The number of aliphatic carboxylic acids is 1. The van der Waals surface area contributed by atoms with Crippen LogP contribution in [0.1, 0.15) is 18.2 Å². The van der Waals surface area contributed by atoms with Crippen LogP contribution in [0.25, 0.3) is 22.1 Å². The number of rotatable bonds is 14. The summed E-state index contributed by atoms with van der Waals surface area (Å²) in [5.41, 5.74) is 19.0. The highest BCUT2D eigenvalue weighted by molar-refractivity contribution is 7.61. The van der Waals surface area contributed by atoms with E-state index in [0.717, 1.165) is 22.8 Å². The number of aromatic amines is 1. The zero-order valence-corrected chi connectivity index (χ0v) is 32.3. The number of primary amides is 1. The normalized spacial score (nSPS) is 28.1. The number of phosphoric ester groups is 2. The summed E-state index contributed by atoms with van der Waals surface area (Å²) in [6, 6.07) is 6.91. The summed E-state index contributed by atoms with van der Waals surface area (Å²) < 4.78 is 50.8. The molecule has 3 aliphatic rings. The molecule has 3 aromatic heterocycles. The lowest BCUT2D eigenvalue weighted by molar-refractivity contribution is -0.138. The maximum Gasteiger partial charge on any atom is 0.481 e. The summed E-state index contributed by atoms with van der Waals surface area (Å²) >= 11 is 0. The van der Waals surface area contributed by atoms with Crippen molar-refractivity contribution in [3.63, 3.8) is 0 Å². The average Bonchev–Trinajstić information content (AvgIpc) is 3.95. The van der Waals surface area contributed by atoms with Gasteiger partial charge in [-0.05, 0) is 18.1 Å². The molecule has 14 N–H and O–H groups in total. The topological polar surface area (TPSA) is 397 Å². The van der Waals surface area contributed by atoms with Crippen molar-refractivity contribution in [1.82, 2.24) is 29.4 Å². The highest BCUT2D eigenvalue weighted by Crippen LogP contribution is 2.60. The molecule has 27 heteroatoms. The minimum absolute atomic E-state index is 0.0517. The predicted octanol–water partition coefficient (Wildman–Crippen LogP) is -1.56. The highest BCUT2D eigenvalue weighted by Gasteiger charge is 2.48. The van der Waals surface area contributed by atoms with Crippen molar-refractivity contribution < 1.29 is 76.9 Å². The number of nitrogens with two attached hydrogens (primary N) is 3. The molecule has 0 saturated carbocycles. The molecule has 3 aliphatic heterocycles. The number of benzene rings is 1. The maximum absolute atomic E-state index is 12.4. The fraction of sp³-hybridized carbons (Fsp3) is 0.406. The number of anilines is 1.